The molecule has 0 aliphatic carbocycles. The van der Waals surface area contributed by atoms with Crippen LogP contribution in [0, 0.1) is 0 Å². The number of nitrogens with zero attached hydrogens (tertiary/aromatic N) is 1. The zero-order chi connectivity index (χ0) is 16.8. The predicted molar refractivity (Wildman–Crippen MR) is 86.3 cm³/mol. The van der Waals surface area contributed by atoms with Gasteiger partial charge in [-0.1, -0.05) is 30.3 Å². The van der Waals surface area contributed by atoms with Gasteiger partial charge in [0.1, 0.15) is 0 Å². The number of aromatic nitrogens is 1. The van der Waals surface area contributed by atoms with Gasteiger partial charge < -0.3 is 10.2 Å². The minimum atomic E-state index is -1.39. The summed E-state index contributed by atoms with van der Waals surface area (Å²) in [5.41, 5.74) is 3.06. The number of carbonyl (C=O) groups is 2. The summed E-state index contributed by atoms with van der Waals surface area (Å²) >= 11 is 0. The van der Waals surface area contributed by atoms with Crippen molar-refractivity contribution >= 4 is 17.8 Å². The second kappa shape index (κ2) is 7.35. The van der Waals surface area contributed by atoms with Gasteiger partial charge in [-0.3, -0.25) is 9.78 Å². The number of ketones is 1. The molecule has 0 atom stereocenters. The SMILES string of the molecule is CC(=O)c1ccccc1CCc1ccc(/C=C(\O)C(=O)O)nc1. The maximum absolute atomic E-state index is 11.6. The van der Waals surface area contributed by atoms with Gasteiger partial charge in [-0.2, -0.15) is 0 Å². The molecule has 2 aromatic rings. The van der Waals surface area contributed by atoms with Crippen LogP contribution in [0.25, 0.3) is 6.08 Å². The Hall–Kier alpha value is -2.95. The number of hydrogen-bond donors (Lipinski definition) is 2. The Morgan fingerprint density at radius 1 is 1.09 bits per heavy atom. The number of carboxylic acid groups (broad SMARTS) is 1. The number of carboxylic acids is 1. The number of aliphatic carboxylic acids is 1. The van der Waals surface area contributed by atoms with Crippen LogP contribution in [0.5, 0.6) is 0 Å². The number of Topliss-reactive ketones (excluding diaryl/α,β-unsaturated/α-hetero) is 1. The molecule has 0 fully saturated rings. The number of aliphatic hydroxyl groups excluding tert-OH is 1. The molecule has 0 radical (unpaired) electrons. The van der Waals surface area contributed by atoms with Gasteiger partial charge in [0.2, 0.25) is 5.76 Å². The van der Waals surface area contributed by atoms with Crippen molar-refractivity contribution in [3.05, 3.63) is 70.7 Å². The number of aryl methyl sites for hydroxylation is 2. The van der Waals surface area contributed by atoms with Crippen LogP contribution >= 0.6 is 0 Å². The van der Waals surface area contributed by atoms with Gasteiger partial charge in [0.15, 0.2) is 5.78 Å². The lowest BCUT2D eigenvalue weighted by atomic mass is 9.98. The van der Waals surface area contributed by atoms with E-state index < -0.39 is 11.7 Å². The maximum atomic E-state index is 11.6. The molecule has 0 saturated carbocycles. The zero-order valence-corrected chi connectivity index (χ0v) is 12.7. The summed E-state index contributed by atoms with van der Waals surface area (Å²) < 4.78 is 0. The summed E-state index contributed by atoms with van der Waals surface area (Å²) in [6.07, 6.45) is 4.16. The second-order valence-electron chi connectivity index (χ2n) is 5.14. The van der Waals surface area contributed by atoms with E-state index in [4.69, 9.17) is 5.11 Å². The quantitative estimate of drug-likeness (QED) is 0.486. The first-order chi connectivity index (χ1) is 11.0. The number of hydrogen-bond acceptors (Lipinski definition) is 4. The molecule has 0 aliphatic rings. The fourth-order valence-corrected chi connectivity index (χ4v) is 2.23. The Labute approximate surface area is 133 Å². The monoisotopic (exact) mass is 311 g/mol. The molecule has 2 rings (SSSR count). The van der Waals surface area contributed by atoms with Crippen LogP contribution in [0.1, 0.15) is 34.1 Å². The number of pyridine rings is 1. The Balaban J connectivity index is 2.07. The summed E-state index contributed by atoms with van der Waals surface area (Å²) in [6, 6.07) is 11.0. The Kier molecular flexibility index (Phi) is 5.25. The van der Waals surface area contributed by atoms with Gasteiger partial charge in [-0.25, -0.2) is 4.79 Å². The van der Waals surface area contributed by atoms with Crippen molar-refractivity contribution in [2.45, 2.75) is 19.8 Å². The zero-order valence-electron chi connectivity index (χ0n) is 12.7. The third kappa shape index (κ3) is 4.51. The first kappa shape index (κ1) is 16.4. The lowest BCUT2D eigenvalue weighted by molar-refractivity contribution is -0.135. The van der Waals surface area contributed by atoms with Gasteiger partial charge in [0.05, 0.1) is 5.69 Å². The largest absolute Gasteiger partial charge is 0.502 e. The Morgan fingerprint density at radius 2 is 1.83 bits per heavy atom. The van der Waals surface area contributed by atoms with Crippen LogP contribution in [0.3, 0.4) is 0 Å². The van der Waals surface area contributed by atoms with E-state index in [2.05, 4.69) is 4.98 Å². The highest BCUT2D eigenvalue weighted by Crippen LogP contribution is 2.13. The molecule has 0 unspecified atom stereocenters. The molecule has 0 aliphatic heterocycles. The molecule has 1 aromatic heterocycles. The summed E-state index contributed by atoms with van der Waals surface area (Å²) in [4.78, 5) is 26.2. The van der Waals surface area contributed by atoms with E-state index in [1.54, 1.807) is 19.2 Å². The predicted octanol–water partition coefficient (Wildman–Crippen LogP) is 3.05. The molecule has 1 heterocycles. The fraction of sp³-hybridized carbons (Fsp3) is 0.167. The Morgan fingerprint density at radius 3 is 2.43 bits per heavy atom. The van der Waals surface area contributed by atoms with Gasteiger partial charge in [0, 0.05) is 17.8 Å². The van der Waals surface area contributed by atoms with Crippen molar-refractivity contribution in [2.75, 3.05) is 0 Å². The smallest absolute Gasteiger partial charge is 0.371 e. The van der Waals surface area contributed by atoms with E-state index in [0.717, 1.165) is 22.8 Å². The number of benzene rings is 1. The van der Waals surface area contributed by atoms with Crippen molar-refractivity contribution in [2.24, 2.45) is 0 Å². The second-order valence-corrected chi connectivity index (χ2v) is 5.14. The average molecular weight is 311 g/mol. The van der Waals surface area contributed by atoms with Gasteiger partial charge in [0.25, 0.3) is 0 Å². The molecule has 23 heavy (non-hydrogen) atoms. The van der Waals surface area contributed by atoms with Gasteiger partial charge in [-0.05, 0) is 37.0 Å². The standard InChI is InChI=1S/C18H17NO4/c1-12(20)16-5-3-2-4-14(16)8-6-13-7-9-15(19-11-13)10-17(21)18(22)23/h2-5,7,9-11,21H,6,8H2,1H3,(H,22,23)/b17-10-. The first-order valence-corrected chi connectivity index (χ1v) is 7.15. The topological polar surface area (TPSA) is 87.5 Å². The van der Waals surface area contributed by atoms with Crippen molar-refractivity contribution in [1.29, 1.82) is 0 Å². The molecular weight excluding hydrogens is 294 g/mol. The highest BCUT2D eigenvalue weighted by molar-refractivity contribution is 5.95. The van der Waals surface area contributed by atoms with Gasteiger partial charge >= 0.3 is 5.97 Å². The van der Waals surface area contributed by atoms with Crippen LogP contribution in [0.15, 0.2) is 48.4 Å². The van der Waals surface area contributed by atoms with E-state index in [9.17, 15) is 14.7 Å². The Bertz CT molecular complexity index is 748. The van der Waals surface area contributed by atoms with Crippen molar-refractivity contribution < 1.29 is 19.8 Å². The van der Waals surface area contributed by atoms with Gasteiger partial charge in [-0.15, -0.1) is 0 Å². The van der Waals surface area contributed by atoms with E-state index in [0.29, 0.717) is 18.5 Å². The summed E-state index contributed by atoms with van der Waals surface area (Å²) in [5, 5.41) is 17.8. The molecule has 0 bridgehead atoms. The average Bonchev–Trinajstić information content (AvgIpc) is 2.54. The van der Waals surface area contributed by atoms with Crippen LogP contribution in [-0.2, 0) is 17.6 Å². The third-order valence-electron chi connectivity index (χ3n) is 3.43. The molecule has 0 spiro atoms. The maximum Gasteiger partial charge on any atom is 0.371 e. The lowest BCUT2D eigenvalue weighted by Gasteiger charge is -2.07. The molecule has 1 aromatic carbocycles. The minimum absolute atomic E-state index is 0.0448. The third-order valence-corrected chi connectivity index (χ3v) is 3.43. The van der Waals surface area contributed by atoms with Crippen molar-refractivity contribution in [3.63, 3.8) is 0 Å². The highest BCUT2D eigenvalue weighted by Gasteiger charge is 2.07. The van der Waals surface area contributed by atoms with Crippen molar-refractivity contribution in [3.8, 4) is 0 Å². The van der Waals surface area contributed by atoms with E-state index >= 15 is 0 Å². The van der Waals surface area contributed by atoms with Crippen LogP contribution in [0.4, 0.5) is 0 Å². The molecule has 2 N–H and O–H groups in total. The van der Waals surface area contributed by atoms with Crippen LogP contribution < -0.4 is 0 Å². The lowest BCUT2D eigenvalue weighted by Crippen LogP contribution is -2.01. The molecule has 0 amide bonds. The number of aliphatic hydroxyl groups is 1. The normalized spacial score (nSPS) is 11.3. The van der Waals surface area contributed by atoms with E-state index in [1.807, 2.05) is 30.3 Å². The fourth-order valence-electron chi connectivity index (χ4n) is 2.23. The number of rotatable bonds is 6. The van der Waals surface area contributed by atoms with Crippen LogP contribution in [-0.4, -0.2) is 26.9 Å². The molecular formula is C18H17NO4. The van der Waals surface area contributed by atoms with Crippen molar-refractivity contribution in [1.82, 2.24) is 4.98 Å². The molecule has 5 nitrogen and oxygen atoms in total. The first-order valence-electron chi connectivity index (χ1n) is 7.15. The number of carbonyl (C=O) groups excluding carboxylic acids is 1. The molecule has 5 heteroatoms. The highest BCUT2D eigenvalue weighted by atomic mass is 16.4. The molecule has 118 valence electrons. The molecule has 0 saturated heterocycles. The van der Waals surface area contributed by atoms with Crippen LogP contribution in [0.2, 0.25) is 0 Å². The van der Waals surface area contributed by atoms with E-state index in [1.165, 1.54) is 0 Å². The minimum Gasteiger partial charge on any atom is -0.502 e. The van der Waals surface area contributed by atoms with E-state index in [-0.39, 0.29) is 5.78 Å². The summed E-state index contributed by atoms with van der Waals surface area (Å²) in [7, 11) is 0. The summed E-state index contributed by atoms with van der Waals surface area (Å²) in [5.74, 6) is -2.10. The summed E-state index contributed by atoms with van der Waals surface area (Å²) in [6.45, 7) is 1.55.